The molecule has 0 radical (unpaired) electrons. The molecule has 1 saturated heterocycles. The number of ether oxygens (including phenoxy) is 2. The highest BCUT2D eigenvalue weighted by molar-refractivity contribution is 5.99. The van der Waals surface area contributed by atoms with Gasteiger partial charge in [-0.25, -0.2) is 9.89 Å². The predicted octanol–water partition coefficient (Wildman–Crippen LogP) is 4.34. The summed E-state index contributed by atoms with van der Waals surface area (Å²) in [5, 5.41) is 11.7. The van der Waals surface area contributed by atoms with E-state index in [0.29, 0.717) is 41.9 Å². The van der Waals surface area contributed by atoms with Crippen LogP contribution >= 0.6 is 0 Å². The van der Waals surface area contributed by atoms with Gasteiger partial charge in [-0.15, -0.1) is 0 Å². The molecule has 2 aromatic heterocycles. The molecule has 3 N–H and O–H groups in total. The van der Waals surface area contributed by atoms with Crippen LogP contribution in [0.1, 0.15) is 33.2 Å². The molecular formula is C26H28N6O4. The first-order valence-corrected chi connectivity index (χ1v) is 11.8. The van der Waals surface area contributed by atoms with Crippen molar-refractivity contribution >= 4 is 22.8 Å². The Hall–Kier alpha value is -4.34. The van der Waals surface area contributed by atoms with Gasteiger partial charge in [0.05, 0.1) is 11.4 Å². The molecule has 36 heavy (non-hydrogen) atoms. The van der Waals surface area contributed by atoms with E-state index in [1.807, 2.05) is 75.4 Å². The topological polar surface area (TPSA) is 128 Å². The fraction of sp³-hybridized carbons (Fsp3) is 0.308. The van der Waals surface area contributed by atoms with Crippen LogP contribution in [0.5, 0.6) is 11.5 Å². The Bertz CT molecular complexity index is 1450. The number of anilines is 1. The summed E-state index contributed by atoms with van der Waals surface area (Å²) in [6.07, 6.45) is 0.242. The van der Waals surface area contributed by atoms with Gasteiger partial charge in [0.25, 0.3) is 5.56 Å². The van der Waals surface area contributed by atoms with E-state index in [4.69, 9.17) is 20.3 Å². The van der Waals surface area contributed by atoms with Crippen LogP contribution in [-0.2, 0) is 4.74 Å². The van der Waals surface area contributed by atoms with Crippen LogP contribution in [0.2, 0.25) is 0 Å². The zero-order valence-electron chi connectivity index (χ0n) is 20.4. The van der Waals surface area contributed by atoms with Crippen molar-refractivity contribution in [1.82, 2.24) is 24.9 Å². The zero-order chi connectivity index (χ0) is 25.4. The minimum absolute atomic E-state index is 0.178. The molecule has 0 bridgehead atoms. The molecule has 10 heteroatoms. The molecule has 2 aromatic carbocycles. The van der Waals surface area contributed by atoms with Crippen LogP contribution in [0.25, 0.3) is 22.2 Å². The molecule has 1 atom stereocenters. The first kappa shape index (κ1) is 23.4. The minimum Gasteiger partial charge on any atom is -0.457 e. The molecule has 1 amide bonds. The molecule has 10 nitrogen and oxygen atoms in total. The summed E-state index contributed by atoms with van der Waals surface area (Å²) in [5.41, 5.74) is 6.87. The molecule has 186 valence electrons. The number of H-pyrrole nitrogens is 1. The molecule has 1 fully saturated rings. The number of nitrogens with one attached hydrogen (secondary N) is 1. The standard InChI is InChI=1S/C26H28N6O4/c1-26(2,3)36-25(34)31-14-13-17(15-31)32-22-20(23(27)28-29-24(22)33)21(30-32)16-9-11-19(12-10-16)35-18-7-5-4-6-8-18/h4-12,17H,13-15H2,1-3H3,(H2,27,28)(H,29,33). The van der Waals surface area contributed by atoms with E-state index in [-0.39, 0.29) is 18.0 Å². The fourth-order valence-electron chi connectivity index (χ4n) is 4.32. The maximum atomic E-state index is 12.9. The highest BCUT2D eigenvalue weighted by Gasteiger charge is 2.33. The lowest BCUT2D eigenvalue weighted by molar-refractivity contribution is 0.0288. The van der Waals surface area contributed by atoms with Crippen molar-refractivity contribution in [3.8, 4) is 22.8 Å². The molecule has 5 rings (SSSR count). The Morgan fingerprint density at radius 1 is 1.08 bits per heavy atom. The number of hydrogen-bond donors (Lipinski definition) is 2. The number of carbonyl (C=O) groups is 1. The largest absolute Gasteiger partial charge is 0.457 e. The third-order valence-electron chi connectivity index (χ3n) is 5.93. The lowest BCUT2D eigenvalue weighted by atomic mass is 10.1. The molecule has 1 aliphatic rings. The monoisotopic (exact) mass is 488 g/mol. The number of benzene rings is 2. The van der Waals surface area contributed by atoms with Crippen molar-refractivity contribution < 1.29 is 14.3 Å². The maximum absolute atomic E-state index is 12.9. The second-order valence-electron chi connectivity index (χ2n) is 9.76. The van der Waals surface area contributed by atoms with Gasteiger partial charge in [-0.2, -0.15) is 10.2 Å². The number of nitrogen functional groups attached to an aromatic ring is 1. The summed E-state index contributed by atoms with van der Waals surface area (Å²) in [7, 11) is 0. The number of fused-ring (bicyclic) bond motifs is 1. The van der Waals surface area contributed by atoms with Gasteiger partial charge in [0, 0.05) is 18.7 Å². The number of nitrogens with zero attached hydrogens (tertiary/aromatic N) is 4. The van der Waals surface area contributed by atoms with Crippen LogP contribution in [-0.4, -0.2) is 49.7 Å². The van der Waals surface area contributed by atoms with Crippen LogP contribution in [0.4, 0.5) is 10.6 Å². The lowest BCUT2D eigenvalue weighted by Crippen LogP contribution is -2.35. The van der Waals surface area contributed by atoms with Crippen molar-refractivity contribution in [3.05, 3.63) is 65.0 Å². The van der Waals surface area contributed by atoms with Gasteiger partial charge in [0.2, 0.25) is 0 Å². The predicted molar refractivity (Wildman–Crippen MR) is 136 cm³/mol. The third kappa shape index (κ3) is 4.61. The van der Waals surface area contributed by atoms with Crippen LogP contribution in [0.3, 0.4) is 0 Å². The highest BCUT2D eigenvalue weighted by atomic mass is 16.6. The molecule has 1 unspecified atom stereocenters. The Morgan fingerprint density at radius 3 is 2.47 bits per heavy atom. The van der Waals surface area contributed by atoms with Crippen molar-refractivity contribution in [2.75, 3.05) is 18.8 Å². The summed E-state index contributed by atoms with van der Waals surface area (Å²) < 4.78 is 13.1. The molecular weight excluding hydrogens is 460 g/mol. The SMILES string of the molecule is CC(C)(C)OC(=O)N1CCC(n2nc(-c3ccc(Oc4ccccc4)cc3)c3c(N)n[nH]c(=O)c32)C1. The molecule has 3 heterocycles. The average molecular weight is 489 g/mol. The lowest BCUT2D eigenvalue weighted by Gasteiger charge is -2.24. The zero-order valence-corrected chi connectivity index (χ0v) is 20.4. The second-order valence-corrected chi connectivity index (χ2v) is 9.76. The maximum Gasteiger partial charge on any atom is 0.410 e. The van der Waals surface area contributed by atoms with Gasteiger partial charge in [0.1, 0.15) is 28.3 Å². The van der Waals surface area contributed by atoms with E-state index in [2.05, 4.69) is 10.2 Å². The molecule has 0 saturated carbocycles. The van der Waals surface area contributed by atoms with Crippen molar-refractivity contribution in [3.63, 3.8) is 0 Å². The number of aromatic nitrogens is 4. The van der Waals surface area contributed by atoms with E-state index in [0.717, 1.165) is 11.3 Å². The minimum atomic E-state index is -0.589. The van der Waals surface area contributed by atoms with E-state index >= 15 is 0 Å². The number of nitrogens with two attached hydrogens (primary N) is 1. The third-order valence-corrected chi connectivity index (χ3v) is 5.93. The van der Waals surface area contributed by atoms with Crippen molar-refractivity contribution in [1.29, 1.82) is 0 Å². The van der Waals surface area contributed by atoms with E-state index in [1.165, 1.54) is 0 Å². The summed E-state index contributed by atoms with van der Waals surface area (Å²) >= 11 is 0. The normalized spacial score (nSPS) is 15.9. The van der Waals surface area contributed by atoms with Gasteiger partial charge < -0.3 is 20.1 Å². The molecule has 4 aromatic rings. The van der Waals surface area contributed by atoms with E-state index in [9.17, 15) is 9.59 Å². The quantitative estimate of drug-likeness (QED) is 0.437. The van der Waals surface area contributed by atoms with Gasteiger partial charge >= 0.3 is 6.09 Å². The number of aromatic amines is 1. The molecule has 0 spiro atoms. The number of hydrogen-bond acceptors (Lipinski definition) is 7. The number of amides is 1. The van der Waals surface area contributed by atoms with Crippen LogP contribution in [0, 0.1) is 0 Å². The summed E-state index contributed by atoms with van der Waals surface area (Å²) in [5.74, 6) is 1.58. The Kier molecular flexibility index (Phi) is 5.87. The van der Waals surface area contributed by atoms with E-state index < -0.39 is 11.2 Å². The number of likely N-dealkylation sites (tertiary alicyclic amines) is 1. The van der Waals surface area contributed by atoms with Gasteiger partial charge in [-0.05, 0) is 63.6 Å². The number of rotatable bonds is 4. The first-order chi connectivity index (χ1) is 17.2. The fourth-order valence-corrected chi connectivity index (χ4v) is 4.32. The smallest absolute Gasteiger partial charge is 0.410 e. The Morgan fingerprint density at radius 2 is 1.78 bits per heavy atom. The first-order valence-electron chi connectivity index (χ1n) is 11.8. The molecule has 1 aliphatic heterocycles. The van der Waals surface area contributed by atoms with Crippen LogP contribution < -0.4 is 16.0 Å². The second kappa shape index (κ2) is 9.03. The van der Waals surface area contributed by atoms with Crippen LogP contribution in [0.15, 0.2) is 59.4 Å². The highest BCUT2D eigenvalue weighted by Crippen LogP contribution is 2.34. The average Bonchev–Trinajstić information content (AvgIpc) is 3.48. The van der Waals surface area contributed by atoms with Gasteiger partial charge in [-0.3, -0.25) is 9.48 Å². The molecule has 0 aliphatic carbocycles. The number of para-hydroxylation sites is 1. The Balaban J connectivity index is 1.48. The summed E-state index contributed by atoms with van der Waals surface area (Å²) in [4.78, 5) is 27.1. The van der Waals surface area contributed by atoms with E-state index in [1.54, 1.807) is 9.58 Å². The number of carbonyl (C=O) groups excluding carboxylic acids is 1. The summed E-state index contributed by atoms with van der Waals surface area (Å²) in [6, 6.07) is 16.7. The van der Waals surface area contributed by atoms with Crippen molar-refractivity contribution in [2.45, 2.75) is 38.8 Å². The summed E-state index contributed by atoms with van der Waals surface area (Å²) in [6.45, 7) is 6.36. The van der Waals surface area contributed by atoms with Gasteiger partial charge in [0.15, 0.2) is 5.82 Å². The van der Waals surface area contributed by atoms with Crippen molar-refractivity contribution in [2.24, 2.45) is 0 Å². The Labute approximate surface area is 207 Å². The van der Waals surface area contributed by atoms with Gasteiger partial charge in [-0.1, -0.05) is 18.2 Å².